The molecule has 404 valence electrons. The predicted molar refractivity (Wildman–Crippen MR) is 315 cm³/mol. The summed E-state index contributed by atoms with van der Waals surface area (Å²) in [5.74, 6) is -1.07. The molecule has 0 spiro atoms. The third kappa shape index (κ3) is 57.3. The van der Waals surface area contributed by atoms with Crippen LogP contribution in [0, 0.1) is 0 Å². The molecule has 0 aromatic heterocycles. The number of hydrogen-bond acceptors (Lipinski definition) is 6. The summed E-state index contributed by atoms with van der Waals surface area (Å²) in [7, 11) is 0. The number of carbonyl (C=O) groups excluding carboxylic acids is 3. The Morgan fingerprint density at radius 3 is 0.781 bits per heavy atom. The number of ether oxygens (including phenoxy) is 3. The Balaban J connectivity index is 4.64. The van der Waals surface area contributed by atoms with E-state index in [1.807, 2.05) is 0 Å². The lowest BCUT2D eigenvalue weighted by atomic mass is 10.1. The molecule has 0 radical (unpaired) electrons. The van der Waals surface area contributed by atoms with Crippen LogP contribution < -0.4 is 0 Å². The van der Waals surface area contributed by atoms with Gasteiger partial charge >= 0.3 is 17.9 Å². The summed E-state index contributed by atoms with van der Waals surface area (Å²) in [6.07, 6.45) is 88.8. The summed E-state index contributed by atoms with van der Waals surface area (Å²) in [4.78, 5) is 38.2. The van der Waals surface area contributed by atoms with Gasteiger partial charge in [0, 0.05) is 19.3 Å². The van der Waals surface area contributed by atoms with Crippen molar-refractivity contribution >= 4 is 17.9 Å². The molecule has 0 bridgehead atoms. The van der Waals surface area contributed by atoms with Crippen molar-refractivity contribution in [1.29, 1.82) is 0 Å². The first-order valence-electron chi connectivity index (χ1n) is 28.3. The molecule has 0 heterocycles. The second-order valence-corrected chi connectivity index (χ2v) is 17.7. The standard InChI is InChI=1S/C67H100O6/c1-4-7-10-13-16-19-22-25-28-31-33-36-38-41-44-47-50-53-56-59-65(68)71-62-64(73-67(70)61-58-55-52-49-46-43-40-35-30-27-24-21-18-15-12-9-6-3)63-72-66(69)60-57-54-51-48-45-42-39-37-34-32-29-26-23-20-17-14-11-8-5-2/h7-12,16-21,25-30,33-34,36-37,40-45,49,52,64H,4-6,13-15,22-24,31-32,35,38-39,46-48,50-51,53-63H2,1-3H3/b10-7-,11-8-,12-9-,19-16-,20-17-,21-18-,28-25-,29-26-,30-27-,36-33-,37-34-,43-40-,44-41-,45-42-,52-49-. The molecule has 6 heteroatoms. The first kappa shape index (κ1) is 67.5. The molecule has 0 aromatic carbocycles. The zero-order valence-electron chi connectivity index (χ0n) is 46.1. The molecule has 0 aromatic rings. The molecule has 0 unspecified atom stereocenters. The highest BCUT2D eigenvalue weighted by atomic mass is 16.6. The van der Waals surface area contributed by atoms with E-state index in [2.05, 4.69) is 203 Å². The Bertz CT molecular complexity index is 1680. The van der Waals surface area contributed by atoms with E-state index < -0.39 is 12.1 Å². The minimum Gasteiger partial charge on any atom is -0.462 e. The Morgan fingerprint density at radius 2 is 0.507 bits per heavy atom. The summed E-state index contributed by atoms with van der Waals surface area (Å²) < 4.78 is 16.8. The molecule has 0 saturated carbocycles. The molecule has 0 aliphatic carbocycles. The molecular weight excluding hydrogens is 901 g/mol. The van der Waals surface area contributed by atoms with Crippen LogP contribution >= 0.6 is 0 Å². The van der Waals surface area contributed by atoms with Crippen molar-refractivity contribution in [2.75, 3.05) is 13.2 Å². The normalized spacial score (nSPS) is 13.2. The lowest BCUT2D eigenvalue weighted by Crippen LogP contribution is -2.30. The van der Waals surface area contributed by atoms with Gasteiger partial charge in [0.25, 0.3) is 0 Å². The van der Waals surface area contributed by atoms with Gasteiger partial charge in [0.05, 0.1) is 0 Å². The van der Waals surface area contributed by atoms with Gasteiger partial charge in [0.1, 0.15) is 13.2 Å². The van der Waals surface area contributed by atoms with E-state index in [9.17, 15) is 14.4 Å². The second kappa shape index (κ2) is 59.1. The van der Waals surface area contributed by atoms with Crippen LogP contribution in [0.15, 0.2) is 182 Å². The zero-order chi connectivity index (χ0) is 52.9. The van der Waals surface area contributed by atoms with E-state index in [0.717, 1.165) is 154 Å². The molecule has 73 heavy (non-hydrogen) atoms. The highest BCUT2D eigenvalue weighted by Crippen LogP contribution is 2.10. The molecule has 0 saturated heterocycles. The third-order valence-electron chi connectivity index (χ3n) is 10.9. The van der Waals surface area contributed by atoms with Gasteiger partial charge in [-0.15, -0.1) is 0 Å². The minimum atomic E-state index is -0.847. The lowest BCUT2D eigenvalue weighted by Gasteiger charge is -2.18. The van der Waals surface area contributed by atoms with Gasteiger partial charge in [-0.3, -0.25) is 14.4 Å². The van der Waals surface area contributed by atoms with Crippen molar-refractivity contribution in [2.45, 2.75) is 207 Å². The van der Waals surface area contributed by atoms with Gasteiger partial charge in [0.15, 0.2) is 6.10 Å². The van der Waals surface area contributed by atoms with E-state index in [-0.39, 0.29) is 31.6 Å². The van der Waals surface area contributed by atoms with Crippen LogP contribution in [0.2, 0.25) is 0 Å². The molecule has 0 fully saturated rings. The van der Waals surface area contributed by atoms with Gasteiger partial charge < -0.3 is 14.2 Å². The van der Waals surface area contributed by atoms with Crippen molar-refractivity contribution in [2.24, 2.45) is 0 Å². The fraction of sp³-hybridized carbons (Fsp3) is 0.507. The van der Waals surface area contributed by atoms with E-state index >= 15 is 0 Å². The largest absolute Gasteiger partial charge is 0.462 e. The Kier molecular flexibility index (Phi) is 54.6. The second-order valence-electron chi connectivity index (χ2n) is 17.7. The monoisotopic (exact) mass is 1000 g/mol. The molecule has 0 amide bonds. The number of hydrogen-bond donors (Lipinski definition) is 0. The fourth-order valence-corrected chi connectivity index (χ4v) is 6.76. The van der Waals surface area contributed by atoms with Gasteiger partial charge in [0.2, 0.25) is 0 Å². The van der Waals surface area contributed by atoms with E-state index in [0.29, 0.717) is 19.3 Å². The van der Waals surface area contributed by atoms with E-state index in [4.69, 9.17) is 14.2 Å². The predicted octanol–water partition coefficient (Wildman–Crippen LogP) is 19.3. The average Bonchev–Trinajstić information content (AvgIpc) is 3.39. The Morgan fingerprint density at radius 1 is 0.274 bits per heavy atom. The Hall–Kier alpha value is -5.49. The van der Waals surface area contributed by atoms with Crippen LogP contribution in [0.3, 0.4) is 0 Å². The zero-order valence-corrected chi connectivity index (χ0v) is 46.1. The summed E-state index contributed by atoms with van der Waals surface area (Å²) in [6.45, 7) is 6.17. The topological polar surface area (TPSA) is 78.9 Å². The molecule has 6 nitrogen and oxygen atoms in total. The summed E-state index contributed by atoms with van der Waals surface area (Å²) in [6, 6.07) is 0. The maximum atomic E-state index is 12.8. The number of allylic oxidation sites excluding steroid dienone is 30. The number of esters is 3. The smallest absolute Gasteiger partial charge is 0.306 e. The molecule has 0 rings (SSSR count). The van der Waals surface area contributed by atoms with Crippen LogP contribution in [0.1, 0.15) is 201 Å². The van der Waals surface area contributed by atoms with Crippen molar-refractivity contribution in [3.8, 4) is 0 Å². The molecule has 0 atom stereocenters. The molecule has 0 aliphatic rings. The summed E-state index contributed by atoms with van der Waals surface area (Å²) in [5, 5.41) is 0. The number of carbonyl (C=O) groups is 3. The highest BCUT2D eigenvalue weighted by Gasteiger charge is 2.19. The van der Waals surface area contributed by atoms with E-state index in [1.54, 1.807) is 0 Å². The molecular formula is C67H100O6. The number of rotatable bonds is 48. The Labute approximate surface area is 446 Å². The third-order valence-corrected chi connectivity index (χ3v) is 10.9. The van der Waals surface area contributed by atoms with Crippen LogP contribution in [0.4, 0.5) is 0 Å². The first-order chi connectivity index (χ1) is 36.0. The van der Waals surface area contributed by atoms with Crippen molar-refractivity contribution < 1.29 is 28.6 Å². The minimum absolute atomic E-state index is 0.139. The van der Waals surface area contributed by atoms with Crippen molar-refractivity contribution in [3.63, 3.8) is 0 Å². The number of unbranched alkanes of at least 4 members (excludes halogenated alkanes) is 7. The van der Waals surface area contributed by atoms with Gasteiger partial charge in [-0.25, -0.2) is 0 Å². The first-order valence-corrected chi connectivity index (χ1v) is 28.3. The molecule has 0 aliphatic heterocycles. The van der Waals surface area contributed by atoms with Crippen LogP contribution in [-0.2, 0) is 28.6 Å². The maximum absolute atomic E-state index is 12.8. The van der Waals surface area contributed by atoms with Gasteiger partial charge in [-0.1, -0.05) is 216 Å². The summed E-state index contributed by atoms with van der Waals surface area (Å²) >= 11 is 0. The van der Waals surface area contributed by atoms with Crippen LogP contribution in [0.5, 0.6) is 0 Å². The average molecular weight is 1000 g/mol. The van der Waals surface area contributed by atoms with Crippen LogP contribution in [0.25, 0.3) is 0 Å². The van der Waals surface area contributed by atoms with Gasteiger partial charge in [-0.2, -0.15) is 0 Å². The van der Waals surface area contributed by atoms with E-state index in [1.165, 1.54) is 0 Å². The van der Waals surface area contributed by atoms with Crippen molar-refractivity contribution in [3.05, 3.63) is 182 Å². The summed E-state index contributed by atoms with van der Waals surface area (Å²) in [5.41, 5.74) is 0. The molecule has 0 N–H and O–H groups in total. The fourth-order valence-electron chi connectivity index (χ4n) is 6.76. The van der Waals surface area contributed by atoms with Gasteiger partial charge in [-0.05, 0) is 148 Å². The lowest BCUT2D eigenvalue weighted by molar-refractivity contribution is -0.167. The van der Waals surface area contributed by atoms with Crippen molar-refractivity contribution in [1.82, 2.24) is 0 Å². The highest BCUT2D eigenvalue weighted by molar-refractivity contribution is 5.71. The van der Waals surface area contributed by atoms with Crippen LogP contribution in [-0.4, -0.2) is 37.2 Å². The quantitative estimate of drug-likeness (QED) is 0.0262. The SMILES string of the molecule is CC/C=C\C/C=C\C/C=C\C/C=C\C/C=C\CCCCCC(=O)OCC(COC(=O)CCCCC/C=C\C/C=C\C/C=C\C/C=C\C/C=C\CC)OC(=O)CCC/C=C\C/C=C\C/C=C\C/C=C\C/C=C\CC. The maximum Gasteiger partial charge on any atom is 0.306 e.